The molecule has 0 bridgehead atoms. The van der Waals surface area contributed by atoms with E-state index in [0.717, 1.165) is 21.0 Å². The number of carbonyl (C=O) groups is 4. The van der Waals surface area contributed by atoms with Gasteiger partial charge >= 0.3 is 0 Å². The molecular weight excluding hydrogens is 512 g/mol. The topological polar surface area (TPSA) is 188 Å². The van der Waals surface area contributed by atoms with E-state index in [1.54, 1.807) is 13.8 Å². The summed E-state index contributed by atoms with van der Waals surface area (Å²) in [6.07, 6.45) is -1.35. The molecule has 39 heavy (non-hydrogen) atoms. The lowest BCUT2D eigenvalue weighted by Gasteiger charge is -2.34. The Morgan fingerprint density at radius 3 is 2.18 bits per heavy atom. The highest BCUT2D eigenvalue weighted by molar-refractivity contribution is 6.25. The number of aldehydes is 1. The van der Waals surface area contributed by atoms with E-state index in [0.29, 0.717) is 0 Å². The minimum Gasteiger partial charge on any atom is -0.507 e. The van der Waals surface area contributed by atoms with Gasteiger partial charge in [-0.05, 0) is 40.0 Å². The van der Waals surface area contributed by atoms with Crippen molar-refractivity contribution in [3.05, 3.63) is 39.4 Å². The van der Waals surface area contributed by atoms with Gasteiger partial charge in [-0.3, -0.25) is 19.2 Å². The number of methoxy groups -OCH3 is 1. The highest BCUT2D eigenvalue weighted by Gasteiger charge is 2.60. The van der Waals surface area contributed by atoms with Crippen molar-refractivity contribution in [3.8, 4) is 17.2 Å². The van der Waals surface area contributed by atoms with E-state index >= 15 is 0 Å². The van der Waals surface area contributed by atoms with E-state index in [1.165, 1.54) is 13.8 Å². The van der Waals surface area contributed by atoms with E-state index < -0.39 is 86.7 Å². The van der Waals surface area contributed by atoms with Crippen molar-refractivity contribution in [2.24, 2.45) is 5.92 Å². The van der Waals surface area contributed by atoms with Gasteiger partial charge in [0.25, 0.3) is 0 Å². The van der Waals surface area contributed by atoms with Crippen LogP contribution in [0.1, 0.15) is 86.6 Å². The molecule has 1 aliphatic heterocycles. The zero-order valence-corrected chi connectivity index (χ0v) is 22.9. The van der Waals surface area contributed by atoms with Gasteiger partial charge < -0.3 is 35.0 Å². The highest BCUT2D eigenvalue weighted by atomic mass is 16.5. The number of hydrogen-bond acceptors (Lipinski definition) is 11. The van der Waals surface area contributed by atoms with Gasteiger partial charge in [-0.1, -0.05) is 13.8 Å². The predicted molar refractivity (Wildman–Crippen MR) is 137 cm³/mol. The first-order chi connectivity index (χ1) is 17.9. The second-order valence-electron chi connectivity index (χ2n) is 11.0. The molecule has 212 valence electrons. The lowest BCUT2D eigenvalue weighted by Crippen LogP contribution is -2.46. The van der Waals surface area contributed by atoms with E-state index in [2.05, 4.69) is 0 Å². The Balaban J connectivity index is 2.54. The lowest BCUT2D eigenvalue weighted by molar-refractivity contribution is -0.132. The average Bonchev–Trinajstić information content (AvgIpc) is 3.17. The van der Waals surface area contributed by atoms with Crippen molar-refractivity contribution in [1.82, 2.24) is 0 Å². The normalized spacial score (nSPS) is 22.1. The second kappa shape index (κ2) is 10.1. The molecule has 3 unspecified atom stereocenters. The van der Waals surface area contributed by atoms with Gasteiger partial charge in [-0.25, -0.2) is 0 Å². The van der Waals surface area contributed by atoms with Crippen LogP contribution in [0.2, 0.25) is 0 Å². The Bertz CT molecular complexity index is 1330. The number of phenolic OH excluding ortho intramolecular Hbond substituents is 2. The summed E-state index contributed by atoms with van der Waals surface area (Å²) in [6, 6.07) is 0. The van der Waals surface area contributed by atoms with Crippen LogP contribution < -0.4 is 4.74 Å². The molecule has 1 aromatic carbocycles. The first kappa shape index (κ1) is 29.9. The number of ether oxygens (including phenoxy) is 2. The number of aromatic hydroxyl groups is 2. The van der Waals surface area contributed by atoms with Crippen LogP contribution in [-0.2, 0) is 14.3 Å². The summed E-state index contributed by atoms with van der Waals surface area (Å²) in [6.45, 7) is 8.46. The largest absolute Gasteiger partial charge is 0.507 e. The third kappa shape index (κ3) is 4.70. The van der Waals surface area contributed by atoms with Crippen molar-refractivity contribution < 1.29 is 54.2 Å². The molecule has 1 saturated heterocycles. The Hall–Kier alpha value is -3.70. The zero-order chi connectivity index (χ0) is 29.8. The standard InChI is InChI=1S/C28H34O11/c1-11(2)8-14(19-21(32)15(10-29)24(38-7)17(12(3)30)22(19)33)20-23(34)18(13(4)31)25(35)28(37)9-16(27(5,6)36)39-26(20)28/h10-11,14,16,32-34,36-37H,8-9H2,1-7H3. The van der Waals surface area contributed by atoms with Gasteiger partial charge in [0.1, 0.15) is 46.0 Å². The second-order valence-corrected chi connectivity index (χ2v) is 11.0. The number of aliphatic hydroxyl groups excluding tert-OH is 1. The number of aliphatic hydroxyl groups is 3. The van der Waals surface area contributed by atoms with Gasteiger partial charge in [0.2, 0.25) is 5.78 Å². The first-order valence-corrected chi connectivity index (χ1v) is 12.4. The molecule has 0 aromatic heterocycles. The number of carbonyl (C=O) groups excluding carboxylic acids is 4. The van der Waals surface area contributed by atoms with Crippen LogP contribution in [0.4, 0.5) is 0 Å². The minimum absolute atomic E-state index is 0.0119. The molecule has 1 heterocycles. The Labute approximate surface area is 225 Å². The quantitative estimate of drug-likeness (QED) is 0.174. The first-order valence-electron chi connectivity index (χ1n) is 12.4. The van der Waals surface area contributed by atoms with Gasteiger partial charge in [0.05, 0.1) is 18.3 Å². The Kier molecular flexibility index (Phi) is 7.75. The van der Waals surface area contributed by atoms with Crippen molar-refractivity contribution >= 4 is 23.6 Å². The van der Waals surface area contributed by atoms with Gasteiger partial charge in [-0.15, -0.1) is 0 Å². The molecule has 11 heteroatoms. The maximum Gasteiger partial charge on any atom is 0.209 e. The molecule has 0 radical (unpaired) electrons. The number of hydrogen-bond donors (Lipinski definition) is 5. The van der Waals surface area contributed by atoms with Gasteiger partial charge in [-0.2, -0.15) is 0 Å². The molecule has 0 saturated carbocycles. The van der Waals surface area contributed by atoms with Crippen molar-refractivity contribution in [2.45, 2.75) is 77.6 Å². The molecule has 3 atom stereocenters. The van der Waals surface area contributed by atoms with Crippen LogP contribution in [0.15, 0.2) is 22.7 Å². The summed E-state index contributed by atoms with van der Waals surface area (Å²) >= 11 is 0. The number of fused-ring (bicyclic) bond motifs is 1. The highest BCUT2D eigenvalue weighted by Crippen LogP contribution is 2.55. The molecule has 1 aliphatic carbocycles. The zero-order valence-electron chi connectivity index (χ0n) is 22.9. The predicted octanol–water partition coefficient (Wildman–Crippen LogP) is 2.78. The molecule has 2 aliphatic rings. The number of ketones is 3. The van der Waals surface area contributed by atoms with Crippen LogP contribution >= 0.6 is 0 Å². The minimum atomic E-state index is -2.46. The number of phenols is 2. The number of allylic oxidation sites excluding steroid dienone is 1. The fraction of sp³-hybridized carbons (Fsp3) is 0.500. The molecule has 0 spiro atoms. The summed E-state index contributed by atoms with van der Waals surface area (Å²) in [4.78, 5) is 50.5. The number of benzene rings is 1. The van der Waals surface area contributed by atoms with E-state index in [9.17, 15) is 44.7 Å². The van der Waals surface area contributed by atoms with E-state index in [4.69, 9.17) is 9.47 Å². The van der Waals surface area contributed by atoms with Crippen LogP contribution in [0.5, 0.6) is 17.2 Å². The number of rotatable bonds is 9. The fourth-order valence-corrected chi connectivity index (χ4v) is 5.30. The molecular formula is C28H34O11. The van der Waals surface area contributed by atoms with Crippen molar-refractivity contribution in [1.29, 1.82) is 0 Å². The molecule has 1 fully saturated rings. The van der Waals surface area contributed by atoms with Gasteiger partial charge in [0, 0.05) is 23.5 Å². The summed E-state index contributed by atoms with van der Waals surface area (Å²) in [5.74, 6) is -7.42. The van der Waals surface area contributed by atoms with Crippen molar-refractivity contribution in [3.63, 3.8) is 0 Å². The van der Waals surface area contributed by atoms with E-state index in [-0.39, 0.29) is 35.5 Å². The fourth-order valence-electron chi connectivity index (χ4n) is 5.30. The smallest absolute Gasteiger partial charge is 0.209 e. The Morgan fingerprint density at radius 2 is 1.74 bits per heavy atom. The molecule has 1 aromatic rings. The number of Topliss-reactive ketones (excluding diaryl/α,β-unsaturated/α-hetero) is 3. The maximum atomic E-state index is 13.4. The monoisotopic (exact) mass is 546 g/mol. The molecule has 3 rings (SSSR count). The van der Waals surface area contributed by atoms with E-state index in [1.807, 2.05) is 0 Å². The summed E-state index contributed by atoms with van der Waals surface area (Å²) < 4.78 is 11.0. The maximum absolute atomic E-state index is 13.4. The molecule has 0 amide bonds. The lowest BCUT2D eigenvalue weighted by atomic mass is 9.72. The Morgan fingerprint density at radius 1 is 1.15 bits per heavy atom. The third-order valence-electron chi connectivity index (χ3n) is 7.15. The van der Waals surface area contributed by atoms with Crippen molar-refractivity contribution in [2.75, 3.05) is 7.11 Å². The van der Waals surface area contributed by atoms with Crippen LogP contribution in [-0.4, -0.2) is 73.6 Å². The van der Waals surface area contributed by atoms with Crippen LogP contribution in [0.25, 0.3) is 0 Å². The third-order valence-corrected chi connectivity index (χ3v) is 7.15. The summed E-state index contributed by atoms with van der Waals surface area (Å²) in [7, 11) is 1.15. The average molecular weight is 547 g/mol. The molecule has 11 nitrogen and oxygen atoms in total. The van der Waals surface area contributed by atoms with Crippen LogP contribution in [0, 0.1) is 5.92 Å². The van der Waals surface area contributed by atoms with Crippen LogP contribution in [0.3, 0.4) is 0 Å². The SMILES string of the molecule is COc1c(C=O)c(O)c(C(CC(C)C)C2=C3OC(C(C)(C)O)CC3(O)C(=O)C(C(C)=O)=C2O)c(O)c1C(C)=O. The summed E-state index contributed by atoms with van der Waals surface area (Å²) in [5.41, 5.74) is -6.29. The summed E-state index contributed by atoms with van der Waals surface area (Å²) in [5, 5.41) is 56.1. The molecule has 5 N–H and O–H groups in total. The van der Waals surface area contributed by atoms with Gasteiger partial charge in [0.15, 0.2) is 23.5 Å².